The van der Waals surface area contributed by atoms with Gasteiger partial charge in [0.15, 0.2) is 11.2 Å². The van der Waals surface area contributed by atoms with Gasteiger partial charge in [0.2, 0.25) is 5.89 Å². The van der Waals surface area contributed by atoms with Gasteiger partial charge in [0.1, 0.15) is 22.3 Å². The Hall–Kier alpha value is -7.11. The van der Waals surface area contributed by atoms with Gasteiger partial charge in [-0.2, -0.15) is 0 Å². The molecule has 244 valence electrons. The number of benzene rings is 8. The summed E-state index contributed by atoms with van der Waals surface area (Å²) in [6, 6.07) is 58.6. The van der Waals surface area contributed by atoms with Gasteiger partial charge in [-0.05, 0) is 82.6 Å². The number of fused-ring (bicyclic) bond motifs is 8. The third kappa shape index (κ3) is 4.33. The minimum atomic E-state index is 0.565. The quantitative estimate of drug-likeness (QED) is 0.183. The number of furan rings is 2. The normalized spacial score (nSPS) is 11.8. The van der Waals surface area contributed by atoms with Crippen LogP contribution in [-0.4, -0.2) is 4.98 Å². The van der Waals surface area contributed by atoms with Crippen LogP contribution in [0.25, 0.3) is 88.3 Å². The first-order valence-electron chi connectivity index (χ1n) is 17.4. The minimum absolute atomic E-state index is 0.565. The maximum Gasteiger partial charge on any atom is 0.228 e. The van der Waals surface area contributed by atoms with E-state index < -0.39 is 0 Å². The van der Waals surface area contributed by atoms with Crippen LogP contribution < -0.4 is 4.90 Å². The highest BCUT2D eigenvalue weighted by molar-refractivity contribution is 6.18. The fourth-order valence-electron chi connectivity index (χ4n) is 7.79. The summed E-state index contributed by atoms with van der Waals surface area (Å²) in [7, 11) is 0. The van der Waals surface area contributed by atoms with Crippen molar-refractivity contribution in [1.82, 2.24) is 4.98 Å². The van der Waals surface area contributed by atoms with Crippen molar-refractivity contribution in [3.05, 3.63) is 170 Å². The number of hydrogen-bond acceptors (Lipinski definition) is 5. The number of anilines is 3. The Bertz CT molecular complexity index is 3110. The Labute approximate surface area is 297 Å². The molecule has 0 fully saturated rings. The Morgan fingerprint density at radius 1 is 0.404 bits per heavy atom. The summed E-state index contributed by atoms with van der Waals surface area (Å²) in [6.45, 7) is 0. The van der Waals surface area contributed by atoms with E-state index in [-0.39, 0.29) is 0 Å². The molecular formula is C47H28N2O3. The van der Waals surface area contributed by atoms with Crippen molar-refractivity contribution in [1.29, 1.82) is 0 Å². The number of para-hydroxylation sites is 4. The van der Waals surface area contributed by atoms with Gasteiger partial charge in [-0.3, -0.25) is 0 Å². The molecule has 5 heteroatoms. The first kappa shape index (κ1) is 28.7. The van der Waals surface area contributed by atoms with Crippen LogP contribution >= 0.6 is 0 Å². The fourth-order valence-corrected chi connectivity index (χ4v) is 7.79. The molecule has 0 atom stereocenters. The third-order valence-corrected chi connectivity index (χ3v) is 10.1. The summed E-state index contributed by atoms with van der Waals surface area (Å²) in [5.74, 6) is 0.565. The van der Waals surface area contributed by atoms with Crippen LogP contribution in [-0.2, 0) is 0 Å². The third-order valence-electron chi connectivity index (χ3n) is 10.1. The Morgan fingerprint density at radius 3 is 1.92 bits per heavy atom. The van der Waals surface area contributed by atoms with E-state index >= 15 is 0 Å². The van der Waals surface area contributed by atoms with E-state index in [9.17, 15) is 0 Å². The molecule has 8 aromatic carbocycles. The highest BCUT2D eigenvalue weighted by Crippen LogP contribution is 2.48. The fraction of sp³-hybridized carbons (Fsp3) is 0. The summed E-state index contributed by atoms with van der Waals surface area (Å²) in [5.41, 5.74) is 10.9. The van der Waals surface area contributed by atoms with Crippen molar-refractivity contribution in [3.8, 4) is 22.6 Å². The predicted molar refractivity (Wildman–Crippen MR) is 212 cm³/mol. The number of rotatable bonds is 5. The van der Waals surface area contributed by atoms with Crippen molar-refractivity contribution < 1.29 is 13.3 Å². The van der Waals surface area contributed by atoms with Gasteiger partial charge in [-0.1, -0.05) is 109 Å². The summed E-state index contributed by atoms with van der Waals surface area (Å²) < 4.78 is 19.5. The van der Waals surface area contributed by atoms with Crippen molar-refractivity contribution in [2.75, 3.05) is 4.90 Å². The second-order valence-electron chi connectivity index (χ2n) is 13.1. The maximum absolute atomic E-state index is 6.83. The zero-order valence-electron chi connectivity index (χ0n) is 27.8. The molecule has 0 unspecified atom stereocenters. The maximum atomic E-state index is 6.83. The van der Waals surface area contributed by atoms with Crippen LogP contribution in [0.1, 0.15) is 0 Å². The van der Waals surface area contributed by atoms with Crippen LogP contribution in [0.5, 0.6) is 0 Å². The first-order chi connectivity index (χ1) is 25.8. The van der Waals surface area contributed by atoms with E-state index in [4.69, 9.17) is 18.2 Å². The second kappa shape index (κ2) is 11.2. The Morgan fingerprint density at radius 2 is 1.04 bits per heavy atom. The average molecular weight is 669 g/mol. The molecule has 0 radical (unpaired) electrons. The summed E-state index contributed by atoms with van der Waals surface area (Å²) in [5, 5.41) is 6.48. The predicted octanol–water partition coefficient (Wildman–Crippen LogP) is 13.6. The molecule has 0 aliphatic heterocycles. The smallest absolute Gasteiger partial charge is 0.228 e. The lowest BCUT2D eigenvalue weighted by molar-refractivity contribution is 0.620. The average Bonchev–Trinajstić information content (AvgIpc) is 3.92. The molecule has 0 saturated carbocycles. The minimum Gasteiger partial charge on any atom is -0.456 e. The van der Waals surface area contributed by atoms with Crippen molar-refractivity contribution in [2.24, 2.45) is 0 Å². The largest absolute Gasteiger partial charge is 0.456 e. The molecular weight excluding hydrogens is 641 g/mol. The Balaban J connectivity index is 1.16. The highest BCUT2D eigenvalue weighted by Gasteiger charge is 2.25. The zero-order valence-corrected chi connectivity index (χ0v) is 27.8. The molecule has 3 heterocycles. The van der Waals surface area contributed by atoms with E-state index in [1.54, 1.807) is 0 Å². The molecule has 0 aliphatic carbocycles. The van der Waals surface area contributed by atoms with Gasteiger partial charge < -0.3 is 18.2 Å². The molecule has 52 heavy (non-hydrogen) atoms. The number of oxazole rings is 1. The van der Waals surface area contributed by atoms with Crippen LogP contribution in [0.3, 0.4) is 0 Å². The van der Waals surface area contributed by atoms with Gasteiger partial charge in [-0.15, -0.1) is 0 Å². The lowest BCUT2D eigenvalue weighted by atomic mass is 9.98. The molecule has 11 aromatic rings. The van der Waals surface area contributed by atoms with Gasteiger partial charge >= 0.3 is 0 Å². The van der Waals surface area contributed by atoms with Crippen LogP contribution in [0.15, 0.2) is 183 Å². The molecule has 0 N–H and O–H groups in total. The van der Waals surface area contributed by atoms with E-state index in [1.807, 2.05) is 54.6 Å². The molecule has 0 spiro atoms. The van der Waals surface area contributed by atoms with Crippen molar-refractivity contribution >= 4 is 82.8 Å². The second-order valence-corrected chi connectivity index (χ2v) is 13.1. The lowest BCUT2D eigenvalue weighted by Gasteiger charge is -2.26. The molecule has 5 nitrogen and oxygen atoms in total. The number of aromatic nitrogens is 1. The molecule has 0 aliphatic rings. The summed E-state index contributed by atoms with van der Waals surface area (Å²) >= 11 is 0. The molecule has 0 amide bonds. The number of nitrogens with zero attached hydrogens (tertiary/aromatic N) is 2. The van der Waals surface area contributed by atoms with E-state index in [0.29, 0.717) is 5.89 Å². The standard InChI is InChI=1S/C47H28N2O3/c1-2-13-32-29(11-1)12-7-15-33(32)30-25-27-31(28-26-30)49(38-19-10-24-43-45(38)34-14-3-5-21-40(34)50-43)39-20-8-16-35-44-36(17-9-23-42(44)51-46(35)39)47-48-37-18-4-6-22-41(37)52-47/h1-28H. The van der Waals surface area contributed by atoms with E-state index in [1.165, 1.54) is 16.3 Å². The van der Waals surface area contributed by atoms with E-state index in [0.717, 1.165) is 83.2 Å². The van der Waals surface area contributed by atoms with Crippen LogP contribution in [0.4, 0.5) is 17.1 Å². The van der Waals surface area contributed by atoms with Crippen molar-refractivity contribution in [2.45, 2.75) is 0 Å². The van der Waals surface area contributed by atoms with Gasteiger partial charge in [0.05, 0.1) is 16.8 Å². The van der Waals surface area contributed by atoms with E-state index in [2.05, 4.69) is 120 Å². The molecule has 0 saturated heterocycles. The Kier molecular flexibility index (Phi) is 6.18. The summed E-state index contributed by atoms with van der Waals surface area (Å²) in [4.78, 5) is 7.14. The first-order valence-corrected chi connectivity index (χ1v) is 17.4. The van der Waals surface area contributed by atoms with Crippen LogP contribution in [0.2, 0.25) is 0 Å². The monoisotopic (exact) mass is 668 g/mol. The van der Waals surface area contributed by atoms with Crippen molar-refractivity contribution in [3.63, 3.8) is 0 Å². The zero-order chi connectivity index (χ0) is 34.2. The lowest BCUT2D eigenvalue weighted by Crippen LogP contribution is -2.10. The molecule has 3 aromatic heterocycles. The summed E-state index contributed by atoms with van der Waals surface area (Å²) in [6.07, 6.45) is 0. The topological polar surface area (TPSA) is 55.6 Å². The van der Waals surface area contributed by atoms with Gasteiger partial charge in [-0.25, -0.2) is 4.98 Å². The highest BCUT2D eigenvalue weighted by atomic mass is 16.4. The number of hydrogen-bond donors (Lipinski definition) is 0. The van der Waals surface area contributed by atoms with Gasteiger partial charge in [0.25, 0.3) is 0 Å². The molecule has 11 rings (SSSR count). The van der Waals surface area contributed by atoms with Gasteiger partial charge in [0, 0.05) is 27.4 Å². The molecule has 0 bridgehead atoms. The van der Waals surface area contributed by atoms with Crippen LogP contribution in [0, 0.1) is 0 Å². The SMILES string of the molecule is c1ccc2c(-c3ccc(N(c4cccc5c4oc4cccc(-c6nc7ccccc7o6)c45)c4cccc5oc6ccccc6c45)cc3)cccc2c1.